The number of rotatable bonds is 6. The Hall–Kier alpha value is -1.65. The first kappa shape index (κ1) is 20.1. The minimum atomic E-state index is -0.318. The number of aliphatic hydroxyl groups is 1. The fourth-order valence-electron chi connectivity index (χ4n) is 3.67. The molecule has 0 spiro atoms. The lowest BCUT2D eigenvalue weighted by atomic mass is 9.94. The van der Waals surface area contributed by atoms with Crippen molar-refractivity contribution in [3.05, 3.63) is 58.7 Å². The summed E-state index contributed by atoms with van der Waals surface area (Å²) in [5.41, 5.74) is 4.87. The van der Waals surface area contributed by atoms with Crippen molar-refractivity contribution in [1.82, 2.24) is 0 Å². The molecule has 1 N–H and O–H groups in total. The zero-order chi connectivity index (χ0) is 19.4. The Labute approximate surface area is 167 Å². The molecule has 0 bridgehead atoms. The summed E-state index contributed by atoms with van der Waals surface area (Å²) in [4.78, 5) is 0. The molecule has 146 valence electrons. The number of hydrogen-bond acceptors (Lipinski definition) is 4. The van der Waals surface area contributed by atoms with Gasteiger partial charge in [0.15, 0.2) is 0 Å². The number of ether oxygens (including phenoxy) is 2. The molecular formula is C23H30O3S. The number of thioether (sulfide) groups is 1. The highest BCUT2D eigenvalue weighted by Crippen LogP contribution is 2.46. The van der Waals surface area contributed by atoms with Crippen LogP contribution in [0.5, 0.6) is 11.5 Å². The lowest BCUT2D eigenvalue weighted by Gasteiger charge is -2.32. The van der Waals surface area contributed by atoms with Crippen LogP contribution in [0.15, 0.2) is 36.4 Å². The summed E-state index contributed by atoms with van der Waals surface area (Å²) in [5, 5.41) is 11.2. The smallest absolute Gasteiger partial charge is 0.123 e. The van der Waals surface area contributed by atoms with Gasteiger partial charge in [0, 0.05) is 10.8 Å². The Bertz CT molecular complexity index is 757. The van der Waals surface area contributed by atoms with E-state index >= 15 is 0 Å². The molecule has 1 aliphatic rings. The van der Waals surface area contributed by atoms with Crippen LogP contribution in [0.25, 0.3) is 0 Å². The van der Waals surface area contributed by atoms with Gasteiger partial charge in [-0.2, -0.15) is 0 Å². The van der Waals surface area contributed by atoms with E-state index in [0.29, 0.717) is 11.9 Å². The van der Waals surface area contributed by atoms with E-state index in [9.17, 15) is 5.11 Å². The summed E-state index contributed by atoms with van der Waals surface area (Å²) in [5.74, 6) is 1.79. The van der Waals surface area contributed by atoms with E-state index in [1.807, 2.05) is 30.8 Å². The van der Waals surface area contributed by atoms with Crippen molar-refractivity contribution in [2.75, 3.05) is 13.7 Å². The van der Waals surface area contributed by atoms with Gasteiger partial charge >= 0.3 is 0 Å². The van der Waals surface area contributed by atoms with Crippen LogP contribution >= 0.6 is 11.8 Å². The lowest BCUT2D eigenvalue weighted by Crippen LogP contribution is -2.24. The van der Waals surface area contributed by atoms with E-state index in [-0.39, 0.29) is 11.4 Å². The van der Waals surface area contributed by atoms with Crippen LogP contribution < -0.4 is 9.47 Å². The summed E-state index contributed by atoms with van der Waals surface area (Å²) in [7, 11) is 1.72. The molecule has 3 atom stereocenters. The van der Waals surface area contributed by atoms with Gasteiger partial charge < -0.3 is 14.6 Å². The first-order valence-corrected chi connectivity index (χ1v) is 10.7. The van der Waals surface area contributed by atoms with Crippen molar-refractivity contribution in [2.24, 2.45) is 0 Å². The quantitative estimate of drug-likeness (QED) is 0.730. The van der Waals surface area contributed by atoms with Gasteiger partial charge in [0.25, 0.3) is 0 Å². The normalized spacial score (nSPS) is 22.5. The number of benzene rings is 2. The predicted octanol–water partition coefficient (Wildman–Crippen LogP) is 5.31. The minimum absolute atomic E-state index is 0.0726. The van der Waals surface area contributed by atoms with Crippen LogP contribution in [0, 0.1) is 6.92 Å². The molecule has 2 aromatic rings. The topological polar surface area (TPSA) is 38.7 Å². The Morgan fingerprint density at radius 1 is 1.15 bits per heavy atom. The maximum absolute atomic E-state index is 10.6. The first-order valence-electron chi connectivity index (χ1n) is 9.74. The van der Waals surface area contributed by atoms with Crippen molar-refractivity contribution in [3.63, 3.8) is 0 Å². The highest BCUT2D eigenvalue weighted by atomic mass is 32.2. The molecule has 3 unspecified atom stereocenters. The summed E-state index contributed by atoms with van der Waals surface area (Å²) in [6.45, 7) is 7.04. The molecular weight excluding hydrogens is 356 g/mol. The van der Waals surface area contributed by atoms with Crippen LogP contribution in [-0.4, -0.2) is 30.2 Å². The molecule has 0 aromatic heterocycles. The van der Waals surface area contributed by atoms with Crippen LogP contribution in [0.3, 0.4) is 0 Å². The average Bonchev–Trinajstić information content (AvgIpc) is 2.67. The molecule has 3 rings (SSSR count). The third-order valence-corrected chi connectivity index (χ3v) is 6.78. The summed E-state index contributed by atoms with van der Waals surface area (Å²) in [6.07, 6.45) is 2.46. The number of methoxy groups -OCH3 is 1. The van der Waals surface area contributed by atoms with Crippen LogP contribution in [0.4, 0.5) is 0 Å². The third-order valence-electron chi connectivity index (χ3n) is 5.22. The van der Waals surface area contributed by atoms with Crippen molar-refractivity contribution in [1.29, 1.82) is 0 Å². The third kappa shape index (κ3) is 4.80. The molecule has 3 nitrogen and oxygen atoms in total. The van der Waals surface area contributed by atoms with E-state index in [1.165, 1.54) is 16.7 Å². The van der Waals surface area contributed by atoms with Crippen LogP contribution in [0.2, 0.25) is 0 Å². The van der Waals surface area contributed by atoms with E-state index < -0.39 is 0 Å². The molecule has 1 heterocycles. The molecule has 0 radical (unpaired) electrons. The zero-order valence-electron chi connectivity index (χ0n) is 16.7. The maximum Gasteiger partial charge on any atom is 0.123 e. The van der Waals surface area contributed by atoms with Crippen molar-refractivity contribution in [3.8, 4) is 11.5 Å². The van der Waals surface area contributed by atoms with Crippen LogP contribution in [0.1, 0.15) is 54.2 Å². The SMILES string of the molecule is CCOc1ccc(Cc2cc(C3SC(C)CCC3O)c(OC)cc2C)cc1. The number of aliphatic hydroxyl groups excluding tert-OH is 1. The number of hydrogen-bond donors (Lipinski definition) is 1. The van der Waals surface area contributed by atoms with Crippen LogP contribution in [-0.2, 0) is 6.42 Å². The largest absolute Gasteiger partial charge is 0.496 e. The molecule has 0 aliphatic carbocycles. The van der Waals surface area contributed by atoms with Crippen molar-refractivity contribution < 1.29 is 14.6 Å². The second-order valence-corrected chi connectivity index (χ2v) is 8.87. The lowest BCUT2D eigenvalue weighted by molar-refractivity contribution is 0.152. The monoisotopic (exact) mass is 386 g/mol. The molecule has 1 aliphatic heterocycles. The van der Waals surface area contributed by atoms with E-state index in [2.05, 4.69) is 38.1 Å². The minimum Gasteiger partial charge on any atom is -0.496 e. The van der Waals surface area contributed by atoms with Crippen molar-refractivity contribution >= 4 is 11.8 Å². The standard InChI is InChI=1S/C23H30O3S/c1-5-26-19-9-7-17(8-10-19)13-18-14-20(22(25-4)12-15(18)2)23-21(24)11-6-16(3)27-23/h7-10,12,14,16,21,23-24H,5-6,11,13H2,1-4H3. The summed E-state index contributed by atoms with van der Waals surface area (Å²) >= 11 is 1.86. The maximum atomic E-state index is 10.6. The van der Waals surface area contributed by atoms with Gasteiger partial charge in [0.2, 0.25) is 0 Å². The zero-order valence-corrected chi connectivity index (χ0v) is 17.5. The van der Waals surface area contributed by atoms with Gasteiger partial charge in [-0.15, -0.1) is 11.8 Å². The van der Waals surface area contributed by atoms with Gasteiger partial charge in [0.1, 0.15) is 11.5 Å². The molecule has 1 fully saturated rings. The molecule has 0 amide bonds. The van der Waals surface area contributed by atoms with Gasteiger partial charge in [-0.05, 0) is 68.0 Å². The summed E-state index contributed by atoms with van der Waals surface area (Å²) < 4.78 is 11.2. The Balaban J connectivity index is 1.89. The Morgan fingerprint density at radius 2 is 1.89 bits per heavy atom. The highest BCUT2D eigenvalue weighted by Gasteiger charge is 2.31. The van der Waals surface area contributed by atoms with Gasteiger partial charge in [-0.25, -0.2) is 0 Å². The van der Waals surface area contributed by atoms with Gasteiger partial charge in [0.05, 0.1) is 25.1 Å². The van der Waals surface area contributed by atoms with E-state index in [1.54, 1.807) is 7.11 Å². The molecule has 0 saturated carbocycles. The Morgan fingerprint density at radius 3 is 2.56 bits per heavy atom. The number of aryl methyl sites for hydroxylation is 1. The van der Waals surface area contributed by atoms with Gasteiger partial charge in [-0.3, -0.25) is 0 Å². The summed E-state index contributed by atoms with van der Waals surface area (Å²) in [6, 6.07) is 12.7. The fourth-order valence-corrected chi connectivity index (χ4v) is 5.09. The molecule has 4 heteroatoms. The first-order chi connectivity index (χ1) is 13.0. The molecule has 1 saturated heterocycles. The second-order valence-electron chi connectivity index (χ2n) is 7.29. The van der Waals surface area contributed by atoms with E-state index in [0.717, 1.165) is 36.3 Å². The van der Waals surface area contributed by atoms with E-state index in [4.69, 9.17) is 9.47 Å². The fraction of sp³-hybridized carbons (Fsp3) is 0.478. The Kier molecular flexibility index (Phi) is 6.72. The van der Waals surface area contributed by atoms with Crippen molar-refractivity contribution in [2.45, 2.75) is 56.6 Å². The molecule has 2 aromatic carbocycles. The van der Waals surface area contributed by atoms with Gasteiger partial charge in [-0.1, -0.05) is 25.1 Å². The average molecular weight is 387 g/mol. The molecule has 27 heavy (non-hydrogen) atoms. The highest BCUT2D eigenvalue weighted by molar-refractivity contribution is 8.00. The second kappa shape index (κ2) is 9.03. The predicted molar refractivity (Wildman–Crippen MR) is 113 cm³/mol.